The topological polar surface area (TPSA) is 47.3 Å². The van der Waals surface area contributed by atoms with Crippen molar-refractivity contribution >= 4 is 0 Å². The summed E-state index contributed by atoms with van der Waals surface area (Å²) in [6, 6.07) is 15.5. The van der Waals surface area contributed by atoms with E-state index >= 15 is 0 Å². The van der Waals surface area contributed by atoms with E-state index in [-0.39, 0.29) is 5.75 Å². The molecule has 3 aromatic rings. The predicted molar refractivity (Wildman–Crippen MR) is 82.0 cm³/mol. The van der Waals surface area contributed by atoms with Gasteiger partial charge in [0.25, 0.3) is 0 Å². The van der Waals surface area contributed by atoms with Gasteiger partial charge < -0.3 is 9.84 Å². The minimum Gasteiger partial charge on any atom is -0.504 e. The average Bonchev–Trinajstić information content (AvgIpc) is 2.89. The minimum atomic E-state index is 0.163. The second-order valence-electron chi connectivity index (χ2n) is 4.86. The lowest BCUT2D eigenvalue weighted by molar-refractivity contribution is 0.414. The van der Waals surface area contributed by atoms with E-state index in [0.717, 1.165) is 22.6 Å². The van der Waals surface area contributed by atoms with Crippen LogP contribution in [0.2, 0.25) is 0 Å². The Labute approximate surface area is 123 Å². The van der Waals surface area contributed by atoms with Crippen molar-refractivity contribution in [3.05, 3.63) is 60.3 Å². The molecule has 0 spiro atoms. The first kappa shape index (κ1) is 13.2. The Hall–Kier alpha value is -2.75. The summed E-state index contributed by atoms with van der Waals surface area (Å²) in [6.45, 7) is 2.02. The van der Waals surface area contributed by atoms with Crippen LogP contribution in [0.1, 0.15) is 5.56 Å². The van der Waals surface area contributed by atoms with Gasteiger partial charge in [-0.25, -0.2) is 4.68 Å². The summed E-state index contributed by atoms with van der Waals surface area (Å²) in [5.74, 6) is 0.948. The van der Waals surface area contributed by atoms with E-state index in [4.69, 9.17) is 4.74 Å². The molecule has 1 N–H and O–H groups in total. The number of rotatable bonds is 3. The first-order valence-corrected chi connectivity index (χ1v) is 6.67. The number of ether oxygens (including phenoxy) is 1. The van der Waals surface area contributed by atoms with Gasteiger partial charge in [0.2, 0.25) is 0 Å². The number of aromatic hydroxyl groups is 1. The molecule has 4 nitrogen and oxygen atoms in total. The van der Waals surface area contributed by atoms with Crippen LogP contribution in [0.25, 0.3) is 16.9 Å². The van der Waals surface area contributed by atoms with Crippen LogP contribution in [0, 0.1) is 6.92 Å². The van der Waals surface area contributed by atoms with Crippen molar-refractivity contribution in [2.45, 2.75) is 6.92 Å². The van der Waals surface area contributed by atoms with E-state index in [1.54, 1.807) is 11.8 Å². The number of methoxy groups -OCH3 is 1. The summed E-state index contributed by atoms with van der Waals surface area (Å²) in [5, 5.41) is 14.4. The Morgan fingerprint density at radius 1 is 1.10 bits per heavy atom. The van der Waals surface area contributed by atoms with Crippen molar-refractivity contribution in [3.63, 3.8) is 0 Å². The summed E-state index contributed by atoms with van der Waals surface area (Å²) in [6.07, 6.45) is 1.46. The molecule has 0 aliphatic rings. The SMILES string of the molecule is COc1ccc(-n2ncc(O)c2-c2cccc(C)c2)cc1. The molecule has 3 rings (SSSR count). The molecule has 1 aromatic heterocycles. The molecule has 0 saturated heterocycles. The zero-order chi connectivity index (χ0) is 14.8. The standard InChI is InChI=1S/C17H16N2O2/c1-12-4-3-5-13(10-12)17-16(20)11-18-19(17)14-6-8-15(21-2)9-7-14/h3-11,20H,1-2H3. The maximum absolute atomic E-state index is 10.1. The Bertz CT molecular complexity index is 761. The smallest absolute Gasteiger partial charge is 0.162 e. The van der Waals surface area contributed by atoms with Crippen LogP contribution in [-0.2, 0) is 0 Å². The maximum atomic E-state index is 10.1. The Morgan fingerprint density at radius 3 is 2.52 bits per heavy atom. The van der Waals surface area contributed by atoms with Crippen LogP contribution in [-0.4, -0.2) is 22.0 Å². The fraction of sp³-hybridized carbons (Fsp3) is 0.118. The van der Waals surface area contributed by atoms with Gasteiger partial charge in [0, 0.05) is 5.56 Å². The second kappa shape index (κ2) is 5.32. The summed E-state index contributed by atoms with van der Waals surface area (Å²) in [7, 11) is 1.63. The van der Waals surface area contributed by atoms with Crippen molar-refractivity contribution in [2.24, 2.45) is 0 Å². The number of aryl methyl sites for hydroxylation is 1. The minimum absolute atomic E-state index is 0.163. The van der Waals surface area contributed by atoms with Gasteiger partial charge in [0.15, 0.2) is 5.75 Å². The van der Waals surface area contributed by atoms with Crippen LogP contribution >= 0.6 is 0 Å². The molecule has 1 heterocycles. The molecule has 0 saturated carbocycles. The van der Waals surface area contributed by atoms with Crippen LogP contribution in [0.3, 0.4) is 0 Å². The monoisotopic (exact) mass is 280 g/mol. The van der Waals surface area contributed by atoms with Crippen LogP contribution in [0.4, 0.5) is 0 Å². The van der Waals surface area contributed by atoms with Crippen molar-refractivity contribution in [3.8, 4) is 28.4 Å². The Balaban J connectivity index is 2.12. The number of nitrogens with zero attached hydrogens (tertiary/aromatic N) is 2. The number of hydrogen-bond donors (Lipinski definition) is 1. The Morgan fingerprint density at radius 2 is 1.86 bits per heavy atom. The molecule has 106 valence electrons. The van der Waals surface area contributed by atoms with Crippen LogP contribution in [0.15, 0.2) is 54.7 Å². The number of benzene rings is 2. The van der Waals surface area contributed by atoms with Gasteiger partial charge in [-0.2, -0.15) is 5.10 Å². The van der Waals surface area contributed by atoms with E-state index in [0.29, 0.717) is 5.69 Å². The normalized spacial score (nSPS) is 10.6. The lowest BCUT2D eigenvalue weighted by atomic mass is 10.1. The van der Waals surface area contributed by atoms with E-state index in [9.17, 15) is 5.11 Å². The predicted octanol–water partition coefficient (Wildman–Crippen LogP) is 3.56. The highest BCUT2D eigenvalue weighted by atomic mass is 16.5. The molecule has 0 radical (unpaired) electrons. The van der Waals surface area contributed by atoms with E-state index in [1.165, 1.54) is 6.20 Å². The van der Waals surface area contributed by atoms with Crippen LogP contribution in [0.5, 0.6) is 11.5 Å². The molecule has 0 atom stereocenters. The summed E-state index contributed by atoms with van der Waals surface area (Å²) >= 11 is 0. The third-order valence-corrected chi connectivity index (χ3v) is 3.36. The average molecular weight is 280 g/mol. The van der Waals surface area contributed by atoms with E-state index in [2.05, 4.69) is 5.10 Å². The second-order valence-corrected chi connectivity index (χ2v) is 4.86. The highest BCUT2D eigenvalue weighted by Crippen LogP contribution is 2.31. The van der Waals surface area contributed by atoms with Crippen molar-refractivity contribution < 1.29 is 9.84 Å². The number of aromatic nitrogens is 2. The van der Waals surface area contributed by atoms with Gasteiger partial charge in [-0.15, -0.1) is 0 Å². The molecule has 0 amide bonds. The lowest BCUT2D eigenvalue weighted by Gasteiger charge is -2.09. The lowest BCUT2D eigenvalue weighted by Crippen LogP contribution is -1.99. The molecule has 0 fully saturated rings. The molecule has 0 unspecified atom stereocenters. The van der Waals surface area contributed by atoms with Gasteiger partial charge in [-0.1, -0.05) is 23.8 Å². The Kier molecular flexibility index (Phi) is 3.36. The molecule has 21 heavy (non-hydrogen) atoms. The quantitative estimate of drug-likeness (QED) is 0.798. The van der Waals surface area contributed by atoms with E-state index in [1.807, 2.05) is 55.5 Å². The summed E-state index contributed by atoms with van der Waals surface area (Å²) < 4.78 is 6.89. The third kappa shape index (κ3) is 2.48. The van der Waals surface area contributed by atoms with Gasteiger partial charge in [0.05, 0.1) is 19.0 Å². The van der Waals surface area contributed by atoms with Crippen LogP contribution < -0.4 is 4.74 Å². The van der Waals surface area contributed by atoms with E-state index < -0.39 is 0 Å². The first-order valence-electron chi connectivity index (χ1n) is 6.67. The fourth-order valence-corrected chi connectivity index (χ4v) is 2.32. The molecule has 2 aromatic carbocycles. The molecule has 4 heteroatoms. The first-order chi connectivity index (χ1) is 10.2. The summed E-state index contributed by atoms with van der Waals surface area (Å²) in [5.41, 5.74) is 3.62. The highest BCUT2D eigenvalue weighted by molar-refractivity contribution is 5.68. The van der Waals surface area contributed by atoms with Crippen molar-refractivity contribution in [2.75, 3.05) is 7.11 Å². The van der Waals surface area contributed by atoms with Crippen molar-refractivity contribution in [1.29, 1.82) is 0 Å². The molecule has 0 bridgehead atoms. The molecular weight excluding hydrogens is 264 g/mol. The molecule has 0 aliphatic carbocycles. The maximum Gasteiger partial charge on any atom is 0.162 e. The fourth-order valence-electron chi connectivity index (χ4n) is 2.32. The zero-order valence-corrected chi connectivity index (χ0v) is 11.9. The third-order valence-electron chi connectivity index (χ3n) is 3.36. The summed E-state index contributed by atoms with van der Waals surface area (Å²) in [4.78, 5) is 0. The van der Waals surface area contributed by atoms with Crippen molar-refractivity contribution in [1.82, 2.24) is 9.78 Å². The van der Waals surface area contributed by atoms with Gasteiger partial charge in [-0.3, -0.25) is 0 Å². The highest BCUT2D eigenvalue weighted by Gasteiger charge is 2.13. The molecule has 0 aliphatic heterocycles. The molecular formula is C17H16N2O2. The van der Waals surface area contributed by atoms with Gasteiger partial charge >= 0.3 is 0 Å². The largest absolute Gasteiger partial charge is 0.504 e. The van der Waals surface area contributed by atoms with Gasteiger partial charge in [-0.05, 0) is 37.3 Å². The van der Waals surface area contributed by atoms with Gasteiger partial charge in [0.1, 0.15) is 11.4 Å². The zero-order valence-electron chi connectivity index (χ0n) is 11.9. The number of hydrogen-bond acceptors (Lipinski definition) is 3.